The standard InChI is InChI=1S/C22H29N7O2/c1-17-15-21(28-11-13-31-14-12-28)29-22(23-17)24-20(25-29)16-26-7-9-27(10-8-26)18-5-3-4-6-19(18)30-2/h3-6,15H,7-14,16H2,1-2H3. The molecule has 2 fully saturated rings. The quantitative estimate of drug-likeness (QED) is 0.613. The topological polar surface area (TPSA) is 71.3 Å². The molecule has 1 aromatic carbocycles. The fourth-order valence-corrected chi connectivity index (χ4v) is 4.33. The highest BCUT2D eigenvalue weighted by atomic mass is 16.5. The van der Waals surface area contributed by atoms with Crippen LogP contribution in [0, 0.1) is 6.92 Å². The normalized spacial score (nSPS) is 18.0. The highest BCUT2D eigenvalue weighted by Gasteiger charge is 2.22. The first-order valence-electron chi connectivity index (χ1n) is 10.9. The third-order valence-electron chi connectivity index (χ3n) is 5.96. The first-order valence-corrected chi connectivity index (χ1v) is 10.9. The predicted molar refractivity (Wildman–Crippen MR) is 119 cm³/mol. The molecule has 9 nitrogen and oxygen atoms in total. The van der Waals surface area contributed by atoms with E-state index >= 15 is 0 Å². The predicted octanol–water partition coefficient (Wildman–Crippen LogP) is 1.60. The maximum atomic E-state index is 5.53. The van der Waals surface area contributed by atoms with E-state index in [0.29, 0.717) is 5.78 Å². The number of morpholine rings is 1. The SMILES string of the molecule is COc1ccccc1N1CCN(Cc2nc3nc(C)cc(N4CCOCC4)n3n2)CC1. The second kappa shape index (κ2) is 8.68. The fourth-order valence-electron chi connectivity index (χ4n) is 4.33. The van der Waals surface area contributed by atoms with Crippen LogP contribution in [-0.2, 0) is 11.3 Å². The largest absolute Gasteiger partial charge is 0.495 e. The van der Waals surface area contributed by atoms with E-state index in [1.807, 2.05) is 23.6 Å². The van der Waals surface area contributed by atoms with Crippen LogP contribution in [0.4, 0.5) is 11.5 Å². The Morgan fingerprint density at radius 3 is 2.52 bits per heavy atom. The zero-order valence-electron chi connectivity index (χ0n) is 18.2. The van der Waals surface area contributed by atoms with Crippen LogP contribution in [0.3, 0.4) is 0 Å². The van der Waals surface area contributed by atoms with Crippen LogP contribution < -0.4 is 14.5 Å². The molecule has 0 unspecified atom stereocenters. The van der Waals surface area contributed by atoms with Crippen molar-refractivity contribution in [2.24, 2.45) is 0 Å². The average Bonchev–Trinajstić information content (AvgIpc) is 3.21. The molecule has 2 aliphatic heterocycles. The Labute approximate surface area is 182 Å². The monoisotopic (exact) mass is 423 g/mol. The van der Waals surface area contributed by atoms with Crippen molar-refractivity contribution in [3.63, 3.8) is 0 Å². The number of nitrogens with zero attached hydrogens (tertiary/aromatic N) is 7. The average molecular weight is 424 g/mol. The second-order valence-corrected chi connectivity index (χ2v) is 8.03. The van der Waals surface area contributed by atoms with E-state index in [1.165, 1.54) is 0 Å². The van der Waals surface area contributed by atoms with Gasteiger partial charge in [0.05, 0.1) is 32.6 Å². The number of piperazine rings is 1. The van der Waals surface area contributed by atoms with Crippen molar-refractivity contribution in [1.82, 2.24) is 24.5 Å². The number of hydrogen-bond donors (Lipinski definition) is 0. The second-order valence-electron chi connectivity index (χ2n) is 8.03. The van der Waals surface area contributed by atoms with Gasteiger partial charge in [0.25, 0.3) is 5.78 Å². The van der Waals surface area contributed by atoms with E-state index in [4.69, 9.17) is 19.6 Å². The molecule has 0 aliphatic carbocycles. The molecule has 2 aliphatic rings. The van der Waals surface area contributed by atoms with Crippen LogP contribution >= 0.6 is 0 Å². The van der Waals surface area contributed by atoms with Gasteiger partial charge in [-0.2, -0.15) is 9.50 Å². The lowest BCUT2D eigenvalue weighted by Gasteiger charge is -2.36. The Balaban J connectivity index is 1.29. The summed E-state index contributed by atoms with van der Waals surface area (Å²) in [5, 5.41) is 4.81. The summed E-state index contributed by atoms with van der Waals surface area (Å²) in [4.78, 5) is 16.4. The van der Waals surface area contributed by atoms with Gasteiger partial charge >= 0.3 is 0 Å². The molecule has 0 bridgehead atoms. The zero-order valence-corrected chi connectivity index (χ0v) is 18.2. The van der Waals surface area contributed by atoms with E-state index in [2.05, 4.69) is 37.9 Å². The van der Waals surface area contributed by atoms with Crippen LogP contribution in [0.2, 0.25) is 0 Å². The van der Waals surface area contributed by atoms with Gasteiger partial charge in [-0.15, -0.1) is 5.10 Å². The minimum Gasteiger partial charge on any atom is -0.495 e. The summed E-state index contributed by atoms with van der Waals surface area (Å²) in [6.45, 7) is 9.74. The lowest BCUT2D eigenvalue weighted by atomic mass is 10.2. The number of aromatic nitrogens is 4. The number of fused-ring (bicyclic) bond motifs is 1. The number of ether oxygens (including phenoxy) is 2. The summed E-state index contributed by atoms with van der Waals surface area (Å²) in [6, 6.07) is 10.3. The van der Waals surface area contributed by atoms with Gasteiger partial charge in [-0.05, 0) is 19.1 Å². The highest BCUT2D eigenvalue weighted by Crippen LogP contribution is 2.28. The van der Waals surface area contributed by atoms with E-state index < -0.39 is 0 Å². The molecule has 9 heteroatoms. The van der Waals surface area contributed by atoms with Gasteiger partial charge in [-0.3, -0.25) is 4.90 Å². The van der Waals surface area contributed by atoms with Crippen LogP contribution in [0.1, 0.15) is 11.5 Å². The van der Waals surface area contributed by atoms with Gasteiger partial charge in [0.2, 0.25) is 0 Å². The Morgan fingerprint density at radius 1 is 0.968 bits per heavy atom. The fraction of sp³-hybridized carbons (Fsp3) is 0.500. The number of para-hydroxylation sites is 2. The molecule has 0 amide bonds. The molecule has 0 saturated carbocycles. The van der Waals surface area contributed by atoms with Crippen molar-refractivity contribution in [2.75, 3.05) is 69.4 Å². The van der Waals surface area contributed by atoms with Crippen molar-refractivity contribution >= 4 is 17.3 Å². The lowest BCUT2D eigenvalue weighted by Crippen LogP contribution is -2.46. The Morgan fingerprint density at radius 2 is 1.74 bits per heavy atom. The maximum absolute atomic E-state index is 5.53. The summed E-state index contributed by atoms with van der Waals surface area (Å²) >= 11 is 0. The molecule has 31 heavy (non-hydrogen) atoms. The number of hydrogen-bond acceptors (Lipinski definition) is 8. The molecule has 0 atom stereocenters. The summed E-state index contributed by atoms with van der Waals surface area (Å²) in [7, 11) is 1.73. The van der Waals surface area contributed by atoms with Gasteiger partial charge in [-0.25, -0.2) is 4.98 Å². The molecule has 2 aromatic heterocycles. The Bertz CT molecular complexity index is 1040. The Kier molecular flexibility index (Phi) is 5.61. The van der Waals surface area contributed by atoms with Crippen LogP contribution in [0.25, 0.3) is 5.78 Å². The molecule has 2 saturated heterocycles. The molecule has 5 rings (SSSR count). The van der Waals surface area contributed by atoms with E-state index in [1.54, 1.807) is 7.11 Å². The van der Waals surface area contributed by atoms with E-state index in [-0.39, 0.29) is 0 Å². The molecular formula is C22H29N7O2. The highest BCUT2D eigenvalue weighted by molar-refractivity contribution is 5.58. The van der Waals surface area contributed by atoms with E-state index in [0.717, 1.165) is 87.8 Å². The number of methoxy groups -OCH3 is 1. The smallest absolute Gasteiger partial charge is 0.254 e. The van der Waals surface area contributed by atoms with E-state index in [9.17, 15) is 0 Å². The molecule has 0 N–H and O–H groups in total. The van der Waals surface area contributed by atoms with Crippen LogP contribution in [0.15, 0.2) is 30.3 Å². The number of benzene rings is 1. The third kappa shape index (κ3) is 4.15. The number of anilines is 2. The summed E-state index contributed by atoms with van der Waals surface area (Å²) < 4.78 is 12.9. The molecule has 3 aromatic rings. The first-order chi connectivity index (χ1) is 15.2. The number of aryl methyl sites for hydroxylation is 1. The lowest BCUT2D eigenvalue weighted by molar-refractivity contribution is 0.122. The minimum absolute atomic E-state index is 0.671. The van der Waals surface area contributed by atoms with Crippen LogP contribution in [0.5, 0.6) is 5.75 Å². The van der Waals surface area contributed by atoms with Crippen molar-refractivity contribution < 1.29 is 9.47 Å². The molecular weight excluding hydrogens is 394 g/mol. The third-order valence-corrected chi connectivity index (χ3v) is 5.96. The van der Waals surface area contributed by atoms with Gasteiger partial charge in [0.1, 0.15) is 11.6 Å². The van der Waals surface area contributed by atoms with Crippen molar-refractivity contribution in [3.05, 3.63) is 41.9 Å². The molecule has 4 heterocycles. The maximum Gasteiger partial charge on any atom is 0.254 e. The van der Waals surface area contributed by atoms with Gasteiger partial charge < -0.3 is 19.3 Å². The van der Waals surface area contributed by atoms with Gasteiger partial charge in [0, 0.05) is 51.0 Å². The molecule has 164 valence electrons. The minimum atomic E-state index is 0.671. The summed E-state index contributed by atoms with van der Waals surface area (Å²) in [5.74, 6) is 3.46. The summed E-state index contributed by atoms with van der Waals surface area (Å²) in [5.41, 5.74) is 2.11. The molecule has 0 spiro atoms. The zero-order chi connectivity index (χ0) is 21.2. The van der Waals surface area contributed by atoms with Crippen LogP contribution in [-0.4, -0.2) is 84.1 Å². The van der Waals surface area contributed by atoms with Gasteiger partial charge in [0.15, 0.2) is 5.82 Å². The first kappa shape index (κ1) is 20.0. The van der Waals surface area contributed by atoms with Crippen molar-refractivity contribution in [2.45, 2.75) is 13.5 Å². The Hall–Kier alpha value is -2.91. The molecule has 0 radical (unpaired) electrons. The summed E-state index contributed by atoms with van der Waals surface area (Å²) in [6.07, 6.45) is 0. The van der Waals surface area contributed by atoms with Gasteiger partial charge in [-0.1, -0.05) is 12.1 Å². The number of rotatable bonds is 5. The van der Waals surface area contributed by atoms with Crippen molar-refractivity contribution in [1.29, 1.82) is 0 Å². The van der Waals surface area contributed by atoms with Crippen molar-refractivity contribution in [3.8, 4) is 5.75 Å².